The van der Waals surface area contributed by atoms with Gasteiger partial charge in [-0.25, -0.2) is 4.39 Å². The third-order valence-electron chi connectivity index (χ3n) is 3.09. The van der Waals surface area contributed by atoms with E-state index in [1.165, 1.54) is 12.3 Å². The molecule has 0 aromatic carbocycles. The first-order chi connectivity index (χ1) is 9.58. The van der Waals surface area contributed by atoms with Crippen molar-refractivity contribution >= 4 is 0 Å². The molecule has 2 heterocycles. The molecule has 2 aromatic rings. The summed E-state index contributed by atoms with van der Waals surface area (Å²) in [6.07, 6.45) is 5.97. The van der Waals surface area contributed by atoms with Gasteiger partial charge in [-0.05, 0) is 31.0 Å². The molecule has 5 heteroatoms. The number of nitrogens with one attached hydrogen (secondary N) is 1. The van der Waals surface area contributed by atoms with Crippen molar-refractivity contribution in [1.29, 1.82) is 0 Å². The number of aromatic nitrogens is 3. The van der Waals surface area contributed by atoms with Crippen molar-refractivity contribution in [2.24, 2.45) is 0 Å². The average molecular weight is 276 g/mol. The van der Waals surface area contributed by atoms with Gasteiger partial charge in [0.05, 0.1) is 24.1 Å². The molecule has 1 unspecified atom stereocenters. The fraction of sp³-hybridized carbons (Fsp3) is 0.467. The van der Waals surface area contributed by atoms with E-state index in [0.717, 1.165) is 24.2 Å². The lowest BCUT2D eigenvalue weighted by atomic mass is 10.0. The summed E-state index contributed by atoms with van der Waals surface area (Å²) in [5.41, 5.74) is 2.00. The van der Waals surface area contributed by atoms with Crippen LogP contribution in [0.2, 0.25) is 0 Å². The van der Waals surface area contributed by atoms with E-state index in [-0.39, 0.29) is 11.9 Å². The van der Waals surface area contributed by atoms with Crippen LogP contribution < -0.4 is 5.32 Å². The number of aryl methyl sites for hydroxylation is 1. The van der Waals surface area contributed by atoms with Gasteiger partial charge in [-0.1, -0.05) is 13.8 Å². The Balaban J connectivity index is 2.16. The summed E-state index contributed by atoms with van der Waals surface area (Å²) >= 11 is 0. The molecule has 0 aliphatic rings. The van der Waals surface area contributed by atoms with Crippen LogP contribution in [-0.4, -0.2) is 20.8 Å². The van der Waals surface area contributed by atoms with E-state index in [0.29, 0.717) is 6.04 Å². The number of hydrogen-bond acceptors (Lipinski definition) is 3. The Bertz CT molecular complexity index is 533. The molecule has 1 N–H and O–H groups in total. The zero-order valence-corrected chi connectivity index (χ0v) is 12.2. The van der Waals surface area contributed by atoms with Crippen molar-refractivity contribution in [1.82, 2.24) is 20.1 Å². The third-order valence-corrected chi connectivity index (χ3v) is 3.09. The van der Waals surface area contributed by atoms with E-state index in [1.807, 2.05) is 17.1 Å². The van der Waals surface area contributed by atoms with Crippen LogP contribution in [0.4, 0.5) is 4.39 Å². The van der Waals surface area contributed by atoms with Crippen molar-refractivity contribution in [3.63, 3.8) is 0 Å². The molecule has 20 heavy (non-hydrogen) atoms. The van der Waals surface area contributed by atoms with Gasteiger partial charge in [-0.2, -0.15) is 5.10 Å². The predicted molar refractivity (Wildman–Crippen MR) is 76.8 cm³/mol. The summed E-state index contributed by atoms with van der Waals surface area (Å²) in [5.74, 6) is -0.309. The predicted octanol–water partition coefficient (Wildman–Crippen LogP) is 2.72. The highest BCUT2D eigenvalue weighted by molar-refractivity contribution is 5.15. The Kier molecular flexibility index (Phi) is 4.84. The molecule has 0 fully saturated rings. The van der Waals surface area contributed by atoms with Crippen LogP contribution >= 0.6 is 0 Å². The Hall–Kier alpha value is -1.75. The minimum Gasteiger partial charge on any atom is -0.306 e. The second kappa shape index (κ2) is 6.61. The van der Waals surface area contributed by atoms with Gasteiger partial charge in [0.15, 0.2) is 0 Å². The van der Waals surface area contributed by atoms with Crippen molar-refractivity contribution in [3.8, 4) is 0 Å². The van der Waals surface area contributed by atoms with Gasteiger partial charge >= 0.3 is 0 Å². The quantitative estimate of drug-likeness (QED) is 0.882. The summed E-state index contributed by atoms with van der Waals surface area (Å²) in [6, 6.07) is 3.57. The SMILES string of the molecule is CCn1cc(CC(NC(C)C)c2ccc(F)cn2)cn1. The smallest absolute Gasteiger partial charge is 0.141 e. The van der Waals surface area contributed by atoms with Crippen molar-refractivity contribution < 1.29 is 4.39 Å². The maximum Gasteiger partial charge on any atom is 0.141 e. The standard InChI is InChI=1S/C15H21FN4/c1-4-20-10-12(8-18-20)7-15(19-11(2)3)14-6-5-13(16)9-17-14/h5-6,8-11,15,19H,4,7H2,1-3H3. The largest absolute Gasteiger partial charge is 0.306 e. The minimum absolute atomic E-state index is 0.0603. The van der Waals surface area contributed by atoms with E-state index < -0.39 is 0 Å². The third kappa shape index (κ3) is 3.87. The molecule has 2 aromatic heterocycles. The molecule has 4 nitrogen and oxygen atoms in total. The Morgan fingerprint density at radius 1 is 1.30 bits per heavy atom. The molecule has 0 saturated heterocycles. The molecule has 2 rings (SSSR count). The van der Waals surface area contributed by atoms with Gasteiger partial charge < -0.3 is 5.32 Å². The molecular weight excluding hydrogens is 255 g/mol. The van der Waals surface area contributed by atoms with Gasteiger partial charge in [0.25, 0.3) is 0 Å². The number of hydrogen-bond donors (Lipinski definition) is 1. The van der Waals surface area contributed by atoms with E-state index >= 15 is 0 Å². The Labute approximate surface area is 119 Å². The van der Waals surface area contributed by atoms with Gasteiger partial charge in [0.1, 0.15) is 5.82 Å². The van der Waals surface area contributed by atoms with Gasteiger partial charge in [-0.3, -0.25) is 9.67 Å². The average Bonchev–Trinajstić information content (AvgIpc) is 2.86. The van der Waals surface area contributed by atoms with Crippen LogP contribution in [0, 0.1) is 5.82 Å². The molecule has 0 spiro atoms. The van der Waals surface area contributed by atoms with Crippen LogP contribution in [0.5, 0.6) is 0 Å². The van der Waals surface area contributed by atoms with E-state index in [9.17, 15) is 4.39 Å². The van der Waals surface area contributed by atoms with E-state index in [1.54, 1.807) is 6.07 Å². The molecule has 0 saturated carbocycles. The number of halogens is 1. The number of nitrogens with zero attached hydrogens (tertiary/aromatic N) is 3. The molecule has 0 amide bonds. The summed E-state index contributed by atoms with van der Waals surface area (Å²) in [4.78, 5) is 4.19. The molecular formula is C15H21FN4. The molecule has 108 valence electrons. The molecule has 0 radical (unpaired) electrons. The van der Waals surface area contributed by atoms with Crippen LogP contribution in [0.15, 0.2) is 30.7 Å². The fourth-order valence-corrected chi connectivity index (χ4v) is 2.17. The number of rotatable bonds is 6. The molecule has 0 aliphatic carbocycles. The monoisotopic (exact) mass is 276 g/mol. The molecule has 1 atom stereocenters. The second-order valence-corrected chi connectivity index (χ2v) is 5.18. The lowest BCUT2D eigenvalue weighted by Crippen LogP contribution is -2.30. The molecule has 0 bridgehead atoms. The lowest BCUT2D eigenvalue weighted by Gasteiger charge is -2.20. The highest BCUT2D eigenvalue weighted by Crippen LogP contribution is 2.17. The summed E-state index contributed by atoms with van der Waals surface area (Å²) in [5, 5.41) is 7.75. The van der Waals surface area contributed by atoms with Crippen molar-refractivity contribution in [2.45, 2.75) is 45.8 Å². The highest BCUT2D eigenvalue weighted by atomic mass is 19.1. The van der Waals surface area contributed by atoms with Gasteiger partial charge in [0, 0.05) is 18.8 Å². The summed E-state index contributed by atoms with van der Waals surface area (Å²) in [7, 11) is 0. The van der Waals surface area contributed by atoms with Crippen LogP contribution in [-0.2, 0) is 13.0 Å². The zero-order chi connectivity index (χ0) is 14.5. The van der Waals surface area contributed by atoms with Crippen molar-refractivity contribution in [3.05, 3.63) is 47.8 Å². The van der Waals surface area contributed by atoms with Gasteiger partial charge in [0.2, 0.25) is 0 Å². The van der Waals surface area contributed by atoms with Crippen LogP contribution in [0.25, 0.3) is 0 Å². The minimum atomic E-state index is -0.309. The fourth-order valence-electron chi connectivity index (χ4n) is 2.17. The first-order valence-electron chi connectivity index (χ1n) is 6.97. The maximum atomic E-state index is 13.0. The summed E-state index contributed by atoms with van der Waals surface area (Å²) in [6.45, 7) is 7.09. The molecule has 0 aliphatic heterocycles. The summed E-state index contributed by atoms with van der Waals surface area (Å²) < 4.78 is 14.9. The maximum absolute atomic E-state index is 13.0. The Morgan fingerprint density at radius 3 is 2.65 bits per heavy atom. The number of pyridine rings is 1. The van der Waals surface area contributed by atoms with E-state index in [4.69, 9.17) is 0 Å². The topological polar surface area (TPSA) is 42.7 Å². The zero-order valence-electron chi connectivity index (χ0n) is 12.2. The Morgan fingerprint density at radius 2 is 2.10 bits per heavy atom. The first-order valence-corrected chi connectivity index (χ1v) is 6.97. The lowest BCUT2D eigenvalue weighted by molar-refractivity contribution is 0.464. The van der Waals surface area contributed by atoms with E-state index in [2.05, 4.69) is 36.2 Å². The highest BCUT2D eigenvalue weighted by Gasteiger charge is 2.15. The first kappa shape index (κ1) is 14.7. The van der Waals surface area contributed by atoms with Crippen LogP contribution in [0.1, 0.15) is 38.1 Å². The van der Waals surface area contributed by atoms with Crippen LogP contribution in [0.3, 0.4) is 0 Å². The van der Waals surface area contributed by atoms with Crippen molar-refractivity contribution in [2.75, 3.05) is 0 Å². The normalized spacial score (nSPS) is 12.8. The van der Waals surface area contributed by atoms with Gasteiger partial charge in [-0.15, -0.1) is 0 Å². The second-order valence-electron chi connectivity index (χ2n) is 5.18.